The van der Waals surface area contributed by atoms with E-state index in [1.807, 2.05) is 7.05 Å². The van der Waals surface area contributed by atoms with E-state index in [1.165, 1.54) is 12.1 Å². The van der Waals surface area contributed by atoms with Gasteiger partial charge in [-0.05, 0) is 32.1 Å². The molecule has 0 radical (unpaired) electrons. The van der Waals surface area contributed by atoms with Gasteiger partial charge in [-0.2, -0.15) is 8.78 Å². The van der Waals surface area contributed by atoms with E-state index in [0.29, 0.717) is 12.1 Å². The summed E-state index contributed by atoms with van der Waals surface area (Å²) in [5.74, 6) is -0.127. The van der Waals surface area contributed by atoms with Crippen molar-refractivity contribution in [2.75, 3.05) is 18.9 Å². The molecule has 0 aliphatic carbocycles. The van der Waals surface area contributed by atoms with Crippen LogP contribution in [-0.4, -0.2) is 26.1 Å². The number of alkyl halides is 2. The van der Waals surface area contributed by atoms with Gasteiger partial charge in [0.1, 0.15) is 5.75 Å². The first-order chi connectivity index (χ1) is 8.61. The SMILES string of the molecule is CNCCCC(=O)Nc1cccc(OC(F)F)c1.Cl. The average Bonchev–Trinajstić information content (AvgIpc) is 2.28. The van der Waals surface area contributed by atoms with Gasteiger partial charge in [0.15, 0.2) is 0 Å². The third kappa shape index (κ3) is 7.58. The Hall–Kier alpha value is -1.40. The summed E-state index contributed by atoms with van der Waals surface area (Å²) in [6.07, 6.45) is 1.09. The molecule has 1 aromatic rings. The molecule has 0 spiro atoms. The molecule has 0 unspecified atom stereocenters. The number of benzene rings is 1. The van der Waals surface area contributed by atoms with E-state index in [9.17, 15) is 13.6 Å². The van der Waals surface area contributed by atoms with Crippen LogP contribution in [0.3, 0.4) is 0 Å². The first kappa shape index (κ1) is 17.6. The van der Waals surface area contributed by atoms with E-state index >= 15 is 0 Å². The Morgan fingerprint density at radius 3 is 2.79 bits per heavy atom. The lowest BCUT2D eigenvalue weighted by atomic mass is 10.2. The van der Waals surface area contributed by atoms with E-state index in [1.54, 1.807) is 12.1 Å². The fourth-order valence-corrected chi connectivity index (χ4v) is 1.40. The molecule has 0 aromatic heterocycles. The number of amides is 1. The topological polar surface area (TPSA) is 50.4 Å². The van der Waals surface area contributed by atoms with Crippen LogP contribution in [0.4, 0.5) is 14.5 Å². The summed E-state index contributed by atoms with van der Waals surface area (Å²) in [5.41, 5.74) is 0.447. The van der Waals surface area contributed by atoms with Crippen molar-refractivity contribution in [3.63, 3.8) is 0 Å². The zero-order chi connectivity index (χ0) is 13.4. The molecule has 0 aliphatic rings. The highest BCUT2D eigenvalue weighted by molar-refractivity contribution is 5.90. The summed E-state index contributed by atoms with van der Waals surface area (Å²) in [5, 5.41) is 5.56. The minimum atomic E-state index is -2.87. The molecule has 0 bridgehead atoms. The molecule has 0 saturated carbocycles. The number of hydrogen-bond acceptors (Lipinski definition) is 3. The van der Waals surface area contributed by atoms with Gasteiger partial charge in [-0.3, -0.25) is 4.79 Å². The van der Waals surface area contributed by atoms with Crippen molar-refractivity contribution in [1.29, 1.82) is 0 Å². The van der Waals surface area contributed by atoms with Crippen LogP contribution in [-0.2, 0) is 4.79 Å². The molecule has 1 aromatic carbocycles. The Morgan fingerprint density at radius 1 is 1.42 bits per heavy atom. The van der Waals surface area contributed by atoms with Gasteiger partial charge >= 0.3 is 6.61 Å². The molecule has 7 heteroatoms. The minimum absolute atomic E-state index is 0. The van der Waals surface area contributed by atoms with Crippen molar-refractivity contribution >= 4 is 24.0 Å². The molecule has 0 heterocycles. The molecule has 0 aliphatic heterocycles. The Morgan fingerprint density at radius 2 is 2.16 bits per heavy atom. The lowest BCUT2D eigenvalue weighted by Crippen LogP contribution is -2.15. The third-order valence-electron chi connectivity index (χ3n) is 2.17. The number of carbonyl (C=O) groups excluding carboxylic acids is 1. The second-order valence-corrected chi connectivity index (χ2v) is 3.66. The van der Waals surface area contributed by atoms with E-state index in [4.69, 9.17) is 0 Å². The molecular weight excluding hydrogens is 278 g/mol. The van der Waals surface area contributed by atoms with Crippen molar-refractivity contribution in [3.8, 4) is 5.75 Å². The third-order valence-corrected chi connectivity index (χ3v) is 2.17. The van der Waals surface area contributed by atoms with Crippen molar-refractivity contribution < 1.29 is 18.3 Å². The summed E-state index contributed by atoms with van der Waals surface area (Å²) in [7, 11) is 1.81. The Labute approximate surface area is 116 Å². The summed E-state index contributed by atoms with van der Waals surface area (Å²) < 4.78 is 28.2. The fourth-order valence-electron chi connectivity index (χ4n) is 1.40. The van der Waals surface area contributed by atoms with Crippen molar-refractivity contribution in [2.45, 2.75) is 19.5 Å². The number of anilines is 1. The van der Waals surface area contributed by atoms with E-state index in [2.05, 4.69) is 15.4 Å². The van der Waals surface area contributed by atoms with Crippen LogP contribution in [0.1, 0.15) is 12.8 Å². The maximum absolute atomic E-state index is 12.0. The largest absolute Gasteiger partial charge is 0.435 e. The molecule has 2 N–H and O–H groups in total. The molecule has 1 amide bonds. The van der Waals surface area contributed by atoms with Crippen LogP contribution in [0.2, 0.25) is 0 Å². The molecule has 4 nitrogen and oxygen atoms in total. The average molecular weight is 295 g/mol. The Balaban J connectivity index is 0.00000324. The highest BCUT2D eigenvalue weighted by atomic mass is 35.5. The zero-order valence-corrected chi connectivity index (χ0v) is 11.3. The van der Waals surface area contributed by atoms with Crippen LogP contribution >= 0.6 is 12.4 Å². The maximum Gasteiger partial charge on any atom is 0.387 e. The highest BCUT2D eigenvalue weighted by Gasteiger charge is 2.06. The zero-order valence-electron chi connectivity index (χ0n) is 10.5. The van der Waals surface area contributed by atoms with E-state index < -0.39 is 6.61 Å². The molecule has 0 atom stereocenters. The van der Waals surface area contributed by atoms with Crippen LogP contribution in [0.25, 0.3) is 0 Å². The number of nitrogens with one attached hydrogen (secondary N) is 2. The predicted molar refractivity (Wildman–Crippen MR) is 72.1 cm³/mol. The smallest absolute Gasteiger partial charge is 0.387 e. The first-order valence-corrected chi connectivity index (χ1v) is 5.61. The maximum atomic E-state index is 12.0. The molecule has 0 saturated heterocycles. The number of hydrogen-bond donors (Lipinski definition) is 2. The van der Waals surface area contributed by atoms with Crippen LogP contribution in [0, 0.1) is 0 Å². The van der Waals surface area contributed by atoms with Crippen molar-refractivity contribution in [3.05, 3.63) is 24.3 Å². The van der Waals surface area contributed by atoms with Gasteiger partial charge in [-0.1, -0.05) is 6.07 Å². The summed E-state index contributed by atoms with van der Waals surface area (Å²) in [4.78, 5) is 11.5. The predicted octanol–water partition coefficient (Wildman–Crippen LogP) is 2.65. The lowest BCUT2D eigenvalue weighted by molar-refractivity contribution is -0.116. The summed E-state index contributed by atoms with van der Waals surface area (Å²) in [6.45, 7) is -2.12. The van der Waals surface area contributed by atoms with Gasteiger partial charge in [-0.15, -0.1) is 12.4 Å². The van der Waals surface area contributed by atoms with E-state index in [0.717, 1.165) is 13.0 Å². The van der Waals surface area contributed by atoms with Crippen LogP contribution in [0.15, 0.2) is 24.3 Å². The second-order valence-electron chi connectivity index (χ2n) is 3.66. The molecule has 19 heavy (non-hydrogen) atoms. The highest BCUT2D eigenvalue weighted by Crippen LogP contribution is 2.19. The molecular formula is C12H17ClF2N2O2. The second kappa shape index (κ2) is 9.52. The fraction of sp³-hybridized carbons (Fsp3) is 0.417. The summed E-state index contributed by atoms with van der Waals surface area (Å²) in [6, 6.07) is 5.93. The van der Waals surface area contributed by atoms with Crippen molar-refractivity contribution in [1.82, 2.24) is 5.32 Å². The van der Waals surface area contributed by atoms with Crippen LogP contribution < -0.4 is 15.4 Å². The normalized spacial score (nSPS) is 9.89. The van der Waals surface area contributed by atoms with Crippen LogP contribution in [0.5, 0.6) is 5.75 Å². The Bertz CT molecular complexity index is 392. The minimum Gasteiger partial charge on any atom is -0.435 e. The van der Waals surface area contributed by atoms with Gasteiger partial charge in [-0.25, -0.2) is 0 Å². The molecule has 1 rings (SSSR count). The Kier molecular flexibility index (Phi) is 8.82. The standard InChI is InChI=1S/C12H16F2N2O2.ClH/c1-15-7-3-6-11(17)16-9-4-2-5-10(8-9)18-12(13)14;/h2,4-5,8,12,15H,3,6-7H2,1H3,(H,16,17);1H. The van der Waals surface area contributed by atoms with E-state index in [-0.39, 0.29) is 24.1 Å². The molecule has 108 valence electrons. The molecule has 0 fully saturated rings. The van der Waals surface area contributed by atoms with Gasteiger partial charge in [0, 0.05) is 18.2 Å². The van der Waals surface area contributed by atoms with Gasteiger partial charge in [0.25, 0.3) is 0 Å². The number of ether oxygens (including phenoxy) is 1. The monoisotopic (exact) mass is 294 g/mol. The number of halogens is 3. The van der Waals surface area contributed by atoms with Crippen molar-refractivity contribution in [2.24, 2.45) is 0 Å². The summed E-state index contributed by atoms with van der Waals surface area (Å²) >= 11 is 0. The van der Waals surface area contributed by atoms with Gasteiger partial charge in [0.05, 0.1) is 0 Å². The number of rotatable bonds is 7. The quantitative estimate of drug-likeness (QED) is 0.760. The lowest BCUT2D eigenvalue weighted by Gasteiger charge is -2.08. The first-order valence-electron chi connectivity index (χ1n) is 5.61. The van der Waals surface area contributed by atoms with Gasteiger partial charge < -0.3 is 15.4 Å². The van der Waals surface area contributed by atoms with Gasteiger partial charge in [0.2, 0.25) is 5.91 Å². The number of carbonyl (C=O) groups is 1.